The van der Waals surface area contributed by atoms with E-state index in [1.165, 1.54) is 25.6 Å². The van der Waals surface area contributed by atoms with Crippen LogP contribution >= 0.6 is 0 Å². The molecule has 2 aromatic carbocycles. The van der Waals surface area contributed by atoms with Crippen molar-refractivity contribution >= 4 is 26.6 Å². The van der Waals surface area contributed by atoms with Gasteiger partial charge in [-0.3, -0.25) is 10.0 Å². The number of sulfone groups is 1. The third-order valence-corrected chi connectivity index (χ3v) is 7.51. The lowest BCUT2D eigenvalue weighted by Gasteiger charge is -2.25. The zero-order valence-corrected chi connectivity index (χ0v) is 17.7. The summed E-state index contributed by atoms with van der Waals surface area (Å²) in [5, 5.41) is 9.79. The van der Waals surface area contributed by atoms with Crippen LogP contribution in [0.4, 0.5) is 4.39 Å². The van der Waals surface area contributed by atoms with Crippen molar-refractivity contribution in [2.45, 2.75) is 24.6 Å². The molecule has 7 nitrogen and oxygen atoms in total. The number of rotatable bonds is 7. The summed E-state index contributed by atoms with van der Waals surface area (Å²) in [6, 6.07) is 11.9. The van der Waals surface area contributed by atoms with Gasteiger partial charge in [0.25, 0.3) is 5.91 Å². The van der Waals surface area contributed by atoms with Crippen LogP contribution in [-0.4, -0.2) is 42.2 Å². The Hall–Kier alpha value is -2.91. The van der Waals surface area contributed by atoms with E-state index < -0.39 is 26.3 Å². The van der Waals surface area contributed by atoms with E-state index in [1.54, 1.807) is 24.4 Å². The molecule has 160 valence electrons. The van der Waals surface area contributed by atoms with E-state index in [1.807, 2.05) is 22.8 Å². The first-order valence-electron chi connectivity index (χ1n) is 9.17. The van der Waals surface area contributed by atoms with E-state index in [0.29, 0.717) is 16.9 Å². The van der Waals surface area contributed by atoms with Crippen molar-refractivity contribution in [3.8, 4) is 16.9 Å². The average Bonchev–Trinajstić information content (AvgIpc) is 3.12. The number of nitrogens with one attached hydrogen (secondary N) is 1. The van der Waals surface area contributed by atoms with Gasteiger partial charge < -0.3 is 9.30 Å². The molecule has 0 saturated heterocycles. The summed E-state index contributed by atoms with van der Waals surface area (Å²) in [4.78, 5) is 12.0. The van der Waals surface area contributed by atoms with Crippen LogP contribution in [0.15, 0.2) is 48.7 Å². The van der Waals surface area contributed by atoms with Gasteiger partial charge in [0.1, 0.15) is 11.6 Å². The second kappa shape index (κ2) is 8.08. The van der Waals surface area contributed by atoms with Gasteiger partial charge in [0.05, 0.1) is 7.11 Å². The Kier molecular flexibility index (Phi) is 5.87. The summed E-state index contributed by atoms with van der Waals surface area (Å²) in [6.45, 7) is 1.51. The highest BCUT2D eigenvalue weighted by molar-refractivity contribution is 7.92. The number of amides is 1. The van der Waals surface area contributed by atoms with Gasteiger partial charge >= 0.3 is 0 Å². The highest BCUT2D eigenvalue weighted by atomic mass is 32.2. The van der Waals surface area contributed by atoms with E-state index in [2.05, 4.69) is 0 Å². The highest BCUT2D eigenvalue weighted by Crippen LogP contribution is 2.30. The van der Waals surface area contributed by atoms with Gasteiger partial charge in [-0.2, -0.15) is 0 Å². The molecular weight excluding hydrogens is 411 g/mol. The van der Waals surface area contributed by atoms with Crippen molar-refractivity contribution < 1.29 is 27.5 Å². The van der Waals surface area contributed by atoms with Crippen LogP contribution in [0.25, 0.3) is 22.0 Å². The molecule has 9 heteroatoms. The van der Waals surface area contributed by atoms with E-state index in [0.717, 1.165) is 17.2 Å². The van der Waals surface area contributed by atoms with Gasteiger partial charge in [-0.25, -0.2) is 18.3 Å². The summed E-state index contributed by atoms with van der Waals surface area (Å²) in [5.74, 6) is -0.935. The fourth-order valence-corrected chi connectivity index (χ4v) is 4.18. The molecule has 0 radical (unpaired) electrons. The topological polar surface area (TPSA) is 97.6 Å². The zero-order valence-electron chi connectivity index (χ0n) is 16.8. The quantitative estimate of drug-likeness (QED) is 0.440. The van der Waals surface area contributed by atoms with E-state index in [4.69, 9.17) is 9.94 Å². The predicted octanol–water partition coefficient (Wildman–Crippen LogP) is 3.15. The van der Waals surface area contributed by atoms with Crippen molar-refractivity contribution in [3.05, 3.63) is 54.5 Å². The fraction of sp³-hybridized carbons (Fsp3) is 0.286. The zero-order chi connectivity index (χ0) is 22.1. The third kappa shape index (κ3) is 3.90. The Morgan fingerprint density at radius 2 is 1.97 bits per heavy atom. The average molecular weight is 434 g/mol. The largest absolute Gasteiger partial charge is 0.497 e. The lowest BCUT2D eigenvalue weighted by atomic mass is 10.0. The van der Waals surface area contributed by atoms with Crippen LogP contribution in [-0.2, 0) is 21.2 Å². The summed E-state index contributed by atoms with van der Waals surface area (Å²) in [7, 11) is -2.30. The number of ether oxygens (including phenoxy) is 1. The monoisotopic (exact) mass is 434 g/mol. The molecule has 1 amide bonds. The molecule has 0 fully saturated rings. The van der Waals surface area contributed by atoms with Crippen molar-refractivity contribution in [2.75, 3.05) is 13.4 Å². The molecule has 1 heterocycles. The molecule has 30 heavy (non-hydrogen) atoms. The van der Waals surface area contributed by atoms with Crippen LogP contribution in [0.1, 0.15) is 13.3 Å². The fourth-order valence-electron chi connectivity index (χ4n) is 3.34. The Labute approximate surface area is 174 Å². The number of hydrogen-bond donors (Lipinski definition) is 2. The highest BCUT2D eigenvalue weighted by Gasteiger charge is 2.43. The number of carbonyl (C=O) groups is 1. The number of aromatic nitrogens is 1. The predicted molar refractivity (Wildman–Crippen MR) is 112 cm³/mol. The molecular formula is C21H23FN2O5S. The molecule has 3 rings (SSSR count). The Morgan fingerprint density at radius 1 is 1.23 bits per heavy atom. The van der Waals surface area contributed by atoms with Gasteiger partial charge in [0.2, 0.25) is 0 Å². The minimum atomic E-state index is -3.77. The minimum absolute atomic E-state index is 0.0309. The summed E-state index contributed by atoms with van der Waals surface area (Å²) in [6.07, 6.45) is 2.71. The maximum Gasteiger partial charge on any atom is 0.264 e. The van der Waals surface area contributed by atoms with Gasteiger partial charge in [-0.05, 0) is 49.2 Å². The van der Waals surface area contributed by atoms with Crippen molar-refractivity contribution in [1.29, 1.82) is 0 Å². The normalized spacial score (nSPS) is 13.8. The maximum atomic E-state index is 14.4. The summed E-state index contributed by atoms with van der Waals surface area (Å²) in [5.41, 5.74) is 3.39. The van der Waals surface area contributed by atoms with Gasteiger partial charge in [0.15, 0.2) is 14.6 Å². The first-order valence-corrected chi connectivity index (χ1v) is 11.1. The molecule has 0 aliphatic carbocycles. The molecule has 2 N–H and O–H groups in total. The summed E-state index contributed by atoms with van der Waals surface area (Å²) >= 11 is 0. The standard InChI is InChI=1S/C21H23FN2O5S/c1-21(20(25)23-26,30(3,27)28)9-11-24-10-8-15-12-14(4-7-19(15)24)17-6-5-16(29-2)13-18(17)22/h4-8,10,12-13,26H,9,11H2,1-3H3,(H,23,25)/t21-/m1/s1. The van der Waals surface area contributed by atoms with Gasteiger partial charge in [-0.15, -0.1) is 0 Å². The number of halogens is 1. The van der Waals surface area contributed by atoms with Gasteiger partial charge in [-0.1, -0.05) is 6.07 Å². The molecule has 3 aromatic rings. The van der Waals surface area contributed by atoms with Crippen molar-refractivity contribution in [2.24, 2.45) is 0 Å². The van der Waals surface area contributed by atoms with Gasteiger partial charge in [0, 0.05) is 41.5 Å². The molecule has 1 aromatic heterocycles. The van der Waals surface area contributed by atoms with Crippen molar-refractivity contribution in [1.82, 2.24) is 10.0 Å². The number of hydrogen-bond acceptors (Lipinski definition) is 5. The van der Waals surface area contributed by atoms with Crippen molar-refractivity contribution in [3.63, 3.8) is 0 Å². The number of benzene rings is 2. The van der Waals surface area contributed by atoms with E-state index in [-0.39, 0.29) is 13.0 Å². The van der Waals surface area contributed by atoms with Crippen LogP contribution in [0, 0.1) is 5.82 Å². The first kappa shape index (κ1) is 21.8. The molecule has 0 bridgehead atoms. The molecule has 0 aliphatic rings. The first-order chi connectivity index (χ1) is 14.1. The second-order valence-corrected chi connectivity index (χ2v) is 9.77. The Morgan fingerprint density at radius 3 is 2.57 bits per heavy atom. The summed E-state index contributed by atoms with van der Waals surface area (Å²) < 4.78 is 43.7. The third-order valence-electron chi connectivity index (χ3n) is 5.49. The van der Waals surface area contributed by atoms with Crippen LogP contribution < -0.4 is 10.2 Å². The number of hydroxylamine groups is 1. The Balaban J connectivity index is 1.90. The Bertz CT molecular complexity index is 1210. The van der Waals surface area contributed by atoms with Crippen LogP contribution in [0.2, 0.25) is 0 Å². The lowest BCUT2D eigenvalue weighted by Crippen LogP contribution is -2.49. The maximum absolute atomic E-state index is 14.4. The lowest BCUT2D eigenvalue weighted by molar-refractivity contribution is -0.131. The SMILES string of the molecule is COc1ccc(-c2ccc3c(ccn3CC[C@](C)(C(=O)NO)S(C)(=O)=O)c2)c(F)c1. The molecule has 0 spiro atoms. The number of fused-ring (bicyclic) bond motifs is 1. The second-order valence-electron chi connectivity index (χ2n) is 7.32. The molecule has 0 unspecified atom stereocenters. The molecule has 1 atom stereocenters. The van der Waals surface area contributed by atoms with Crippen LogP contribution in [0.5, 0.6) is 5.75 Å². The number of carbonyl (C=O) groups excluding carboxylic acids is 1. The van der Waals surface area contributed by atoms with Crippen LogP contribution in [0.3, 0.4) is 0 Å². The molecule has 0 saturated carbocycles. The number of methoxy groups -OCH3 is 1. The minimum Gasteiger partial charge on any atom is -0.497 e. The smallest absolute Gasteiger partial charge is 0.264 e. The van der Waals surface area contributed by atoms with E-state index >= 15 is 0 Å². The molecule has 0 aliphatic heterocycles. The number of nitrogens with zero attached hydrogens (tertiary/aromatic N) is 1. The number of aryl methyl sites for hydroxylation is 1. The van der Waals surface area contributed by atoms with E-state index in [9.17, 15) is 17.6 Å².